The lowest BCUT2D eigenvalue weighted by atomic mass is 10.0. The Balaban J connectivity index is 1.45. The van der Waals surface area contributed by atoms with Crippen LogP contribution in [0.4, 0.5) is 0 Å². The number of nitrogens with one attached hydrogen (secondary N) is 1. The summed E-state index contributed by atoms with van der Waals surface area (Å²) in [6.45, 7) is 6.33. The van der Waals surface area contributed by atoms with Crippen LogP contribution in [0.25, 0.3) is 0 Å². The van der Waals surface area contributed by atoms with Crippen molar-refractivity contribution in [1.82, 2.24) is 15.1 Å². The van der Waals surface area contributed by atoms with E-state index in [1.807, 2.05) is 0 Å². The van der Waals surface area contributed by atoms with Crippen LogP contribution in [0.1, 0.15) is 32.1 Å². The molecule has 0 aromatic rings. The van der Waals surface area contributed by atoms with E-state index in [1.54, 1.807) is 0 Å². The van der Waals surface area contributed by atoms with Crippen LogP contribution in [0.3, 0.4) is 0 Å². The molecule has 0 radical (unpaired) electrons. The molecule has 3 fully saturated rings. The maximum absolute atomic E-state index is 12.1. The maximum Gasteiger partial charge on any atom is 0.237 e. The molecule has 1 atom stereocenters. The Labute approximate surface area is 121 Å². The average Bonchev–Trinajstić information content (AvgIpc) is 3.11. The highest BCUT2D eigenvalue weighted by molar-refractivity contribution is 5.80. The van der Waals surface area contributed by atoms with Gasteiger partial charge < -0.3 is 9.64 Å². The summed E-state index contributed by atoms with van der Waals surface area (Å²) in [5, 5.41) is 3.43. The fourth-order valence-corrected chi connectivity index (χ4v) is 3.81. The second-order valence-corrected chi connectivity index (χ2v) is 6.26. The number of rotatable bonds is 5. The van der Waals surface area contributed by atoms with Gasteiger partial charge in [-0.3, -0.25) is 15.0 Å². The van der Waals surface area contributed by atoms with Gasteiger partial charge in [0.25, 0.3) is 0 Å². The molecule has 0 bridgehead atoms. The van der Waals surface area contributed by atoms with Crippen LogP contribution in [-0.4, -0.2) is 67.8 Å². The van der Waals surface area contributed by atoms with Crippen molar-refractivity contribution in [3.63, 3.8) is 0 Å². The van der Waals surface area contributed by atoms with E-state index in [-0.39, 0.29) is 0 Å². The minimum Gasteiger partial charge on any atom is -0.379 e. The molecular formula is C15H27N3O2. The van der Waals surface area contributed by atoms with Crippen molar-refractivity contribution < 1.29 is 9.53 Å². The summed E-state index contributed by atoms with van der Waals surface area (Å²) < 4.78 is 5.36. The molecule has 1 N–H and O–H groups in total. The van der Waals surface area contributed by atoms with E-state index in [4.69, 9.17) is 4.74 Å². The number of morpholine rings is 1. The van der Waals surface area contributed by atoms with E-state index in [9.17, 15) is 4.79 Å². The first-order valence-corrected chi connectivity index (χ1v) is 8.17. The van der Waals surface area contributed by atoms with E-state index < -0.39 is 0 Å². The summed E-state index contributed by atoms with van der Waals surface area (Å²) in [5.74, 6) is 0.980. The van der Waals surface area contributed by atoms with Gasteiger partial charge in [-0.1, -0.05) is 12.8 Å². The van der Waals surface area contributed by atoms with Gasteiger partial charge in [0.15, 0.2) is 0 Å². The summed E-state index contributed by atoms with van der Waals surface area (Å²) in [7, 11) is 0. The number of ether oxygens (including phenoxy) is 1. The third-order valence-corrected chi connectivity index (χ3v) is 4.94. The number of carbonyl (C=O) groups excluding carboxylic acids is 1. The van der Waals surface area contributed by atoms with Crippen LogP contribution >= 0.6 is 0 Å². The van der Waals surface area contributed by atoms with Gasteiger partial charge in [0, 0.05) is 26.2 Å². The van der Waals surface area contributed by atoms with Gasteiger partial charge in [-0.2, -0.15) is 0 Å². The lowest BCUT2D eigenvalue weighted by molar-refractivity contribution is -0.128. The first-order valence-electron chi connectivity index (χ1n) is 8.17. The lowest BCUT2D eigenvalue weighted by Gasteiger charge is -2.31. The standard InChI is InChI=1S/C15H27N3O2/c19-14-12-16-15(13-4-1-2-5-13)18(14)7-3-6-17-8-10-20-11-9-17/h13,15-16H,1-12H2. The van der Waals surface area contributed by atoms with Crippen molar-refractivity contribution in [2.75, 3.05) is 45.9 Å². The summed E-state index contributed by atoms with van der Waals surface area (Å²) in [6.07, 6.45) is 6.62. The molecule has 1 amide bonds. The fourth-order valence-electron chi connectivity index (χ4n) is 3.81. The van der Waals surface area contributed by atoms with Gasteiger partial charge in [0.2, 0.25) is 5.91 Å². The van der Waals surface area contributed by atoms with Crippen molar-refractivity contribution in [2.24, 2.45) is 5.92 Å². The molecule has 20 heavy (non-hydrogen) atoms. The van der Waals surface area contributed by atoms with Gasteiger partial charge >= 0.3 is 0 Å². The van der Waals surface area contributed by atoms with Crippen LogP contribution in [-0.2, 0) is 9.53 Å². The molecular weight excluding hydrogens is 254 g/mol. The molecule has 114 valence electrons. The molecule has 3 aliphatic rings. The summed E-state index contributed by atoms with van der Waals surface area (Å²) in [5.41, 5.74) is 0. The molecule has 2 aliphatic heterocycles. The molecule has 2 saturated heterocycles. The van der Waals surface area contributed by atoms with Crippen LogP contribution < -0.4 is 5.32 Å². The number of hydrogen-bond donors (Lipinski definition) is 1. The highest BCUT2D eigenvalue weighted by Crippen LogP contribution is 2.30. The second-order valence-electron chi connectivity index (χ2n) is 6.26. The Morgan fingerprint density at radius 1 is 1.15 bits per heavy atom. The van der Waals surface area contributed by atoms with Gasteiger partial charge in [0.1, 0.15) is 0 Å². The number of hydrogen-bond acceptors (Lipinski definition) is 4. The van der Waals surface area contributed by atoms with Crippen molar-refractivity contribution in [1.29, 1.82) is 0 Å². The van der Waals surface area contributed by atoms with Gasteiger partial charge in [-0.05, 0) is 25.2 Å². The Hall–Kier alpha value is -0.650. The largest absolute Gasteiger partial charge is 0.379 e. The Bertz CT molecular complexity index is 325. The molecule has 2 heterocycles. The molecule has 3 rings (SSSR count). The molecule has 1 unspecified atom stereocenters. The summed E-state index contributed by atoms with van der Waals surface area (Å²) in [4.78, 5) is 16.6. The van der Waals surface area contributed by atoms with Crippen LogP contribution in [0, 0.1) is 5.92 Å². The van der Waals surface area contributed by atoms with Crippen LogP contribution in [0.15, 0.2) is 0 Å². The predicted molar refractivity (Wildman–Crippen MR) is 77.3 cm³/mol. The highest BCUT2D eigenvalue weighted by Gasteiger charge is 2.36. The zero-order valence-electron chi connectivity index (χ0n) is 12.4. The highest BCUT2D eigenvalue weighted by atomic mass is 16.5. The molecule has 0 aromatic carbocycles. The molecule has 5 heteroatoms. The lowest BCUT2D eigenvalue weighted by Crippen LogP contribution is -2.44. The molecule has 0 spiro atoms. The van der Waals surface area contributed by atoms with E-state index in [0.29, 0.717) is 24.5 Å². The summed E-state index contributed by atoms with van der Waals surface area (Å²) >= 11 is 0. The van der Waals surface area contributed by atoms with Crippen molar-refractivity contribution >= 4 is 5.91 Å². The molecule has 1 saturated carbocycles. The van der Waals surface area contributed by atoms with E-state index in [2.05, 4.69) is 15.1 Å². The average molecular weight is 281 g/mol. The fraction of sp³-hybridized carbons (Fsp3) is 0.933. The smallest absolute Gasteiger partial charge is 0.237 e. The SMILES string of the molecule is O=C1CNC(C2CCCC2)N1CCCN1CCOCC1. The zero-order chi connectivity index (χ0) is 13.8. The van der Waals surface area contributed by atoms with Crippen LogP contribution in [0.2, 0.25) is 0 Å². The van der Waals surface area contributed by atoms with E-state index in [0.717, 1.165) is 45.8 Å². The normalized spacial score (nSPS) is 29.5. The second kappa shape index (κ2) is 6.87. The Morgan fingerprint density at radius 2 is 1.90 bits per heavy atom. The topological polar surface area (TPSA) is 44.8 Å². The maximum atomic E-state index is 12.1. The van der Waals surface area contributed by atoms with Crippen molar-refractivity contribution in [3.8, 4) is 0 Å². The van der Waals surface area contributed by atoms with Gasteiger partial charge in [0.05, 0.1) is 25.9 Å². The van der Waals surface area contributed by atoms with Gasteiger partial charge in [-0.15, -0.1) is 0 Å². The zero-order valence-corrected chi connectivity index (χ0v) is 12.4. The third-order valence-electron chi connectivity index (χ3n) is 4.94. The first-order chi connectivity index (χ1) is 9.84. The Kier molecular flexibility index (Phi) is 4.91. The Morgan fingerprint density at radius 3 is 2.65 bits per heavy atom. The number of carbonyl (C=O) groups is 1. The minimum absolute atomic E-state index is 0.295. The van der Waals surface area contributed by atoms with E-state index >= 15 is 0 Å². The molecule has 0 aromatic heterocycles. The quantitative estimate of drug-likeness (QED) is 0.804. The van der Waals surface area contributed by atoms with Crippen molar-refractivity contribution in [2.45, 2.75) is 38.3 Å². The predicted octanol–water partition coefficient (Wildman–Crippen LogP) is 0.657. The third kappa shape index (κ3) is 3.32. The van der Waals surface area contributed by atoms with Crippen molar-refractivity contribution in [3.05, 3.63) is 0 Å². The first kappa shape index (κ1) is 14.3. The number of amides is 1. The molecule has 1 aliphatic carbocycles. The number of nitrogens with zero attached hydrogens (tertiary/aromatic N) is 2. The van der Waals surface area contributed by atoms with Crippen LogP contribution in [0.5, 0.6) is 0 Å². The minimum atomic E-state index is 0.295. The van der Waals surface area contributed by atoms with E-state index in [1.165, 1.54) is 25.7 Å². The summed E-state index contributed by atoms with van der Waals surface area (Å²) in [6, 6.07) is 0. The monoisotopic (exact) mass is 281 g/mol. The molecule has 5 nitrogen and oxygen atoms in total. The van der Waals surface area contributed by atoms with Gasteiger partial charge in [-0.25, -0.2) is 0 Å².